The van der Waals surface area contributed by atoms with Gasteiger partial charge in [-0.3, -0.25) is 14.4 Å². The van der Waals surface area contributed by atoms with E-state index in [1.165, 1.54) is 18.2 Å². The van der Waals surface area contributed by atoms with Crippen molar-refractivity contribution in [3.8, 4) is 0 Å². The molecule has 4 rings (SSSR count). The lowest BCUT2D eigenvalue weighted by Crippen LogP contribution is -2.36. The number of carbonyl (C=O) groups is 3. The minimum Gasteiger partial charge on any atom is -0.348 e. The maximum Gasteiger partial charge on any atom is 0.251 e. The van der Waals surface area contributed by atoms with Crippen LogP contribution in [-0.2, 0) is 17.8 Å². The fraction of sp³-hybridized carbons (Fsp3) is 0.160. The number of halogens is 3. The third-order valence-electron chi connectivity index (χ3n) is 5.51. The molecule has 3 aromatic rings. The predicted molar refractivity (Wildman–Crippen MR) is 125 cm³/mol. The van der Waals surface area contributed by atoms with Crippen molar-refractivity contribution in [1.29, 1.82) is 0 Å². The van der Waals surface area contributed by atoms with Crippen LogP contribution >= 0.6 is 23.2 Å². The Morgan fingerprint density at radius 2 is 1.67 bits per heavy atom. The van der Waals surface area contributed by atoms with Crippen molar-refractivity contribution in [2.24, 2.45) is 5.92 Å². The summed E-state index contributed by atoms with van der Waals surface area (Å²) < 4.78 is 13.0. The van der Waals surface area contributed by atoms with E-state index in [4.69, 9.17) is 23.2 Å². The van der Waals surface area contributed by atoms with Crippen molar-refractivity contribution in [3.05, 3.63) is 98.8 Å². The van der Waals surface area contributed by atoms with Crippen molar-refractivity contribution in [1.82, 2.24) is 5.32 Å². The van der Waals surface area contributed by atoms with Gasteiger partial charge in [-0.1, -0.05) is 41.4 Å². The molecule has 1 aliphatic rings. The number of nitrogens with one attached hydrogen (secondary N) is 2. The summed E-state index contributed by atoms with van der Waals surface area (Å²) in [5, 5.41) is 6.35. The SMILES string of the molecule is O=C(NCc1ccc(F)cc1)c1ccc2c(c1)C(=O)C(CCc1ccc(Cl)c(Cl)c1)C(=O)N2. The van der Waals surface area contributed by atoms with Gasteiger partial charge in [-0.15, -0.1) is 0 Å². The van der Waals surface area contributed by atoms with E-state index in [9.17, 15) is 18.8 Å². The molecular formula is C25H19Cl2FN2O3. The molecular weight excluding hydrogens is 466 g/mol. The number of Topliss-reactive ketones (excluding diaryl/α,β-unsaturated/α-hetero) is 1. The number of carbonyl (C=O) groups excluding carboxylic acids is 3. The molecule has 0 aliphatic carbocycles. The first-order valence-corrected chi connectivity index (χ1v) is 11.0. The predicted octanol–water partition coefficient (Wildman–Crippen LogP) is 5.45. The van der Waals surface area contributed by atoms with Gasteiger partial charge < -0.3 is 10.6 Å². The Morgan fingerprint density at radius 3 is 2.39 bits per heavy atom. The van der Waals surface area contributed by atoms with Gasteiger partial charge >= 0.3 is 0 Å². The van der Waals surface area contributed by atoms with E-state index in [0.29, 0.717) is 39.7 Å². The number of fused-ring (bicyclic) bond motifs is 1. The van der Waals surface area contributed by atoms with Gasteiger partial charge in [-0.2, -0.15) is 0 Å². The van der Waals surface area contributed by atoms with Gasteiger partial charge in [0.25, 0.3) is 5.91 Å². The molecule has 0 bridgehead atoms. The van der Waals surface area contributed by atoms with Crippen LogP contribution in [0.15, 0.2) is 60.7 Å². The topological polar surface area (TPSA) is 75.3 Å². The normalized spacial score (nSPS) is 15.1. The number of hydrogen-bond acceptors (Lipinski definition) is 3. The molecule has 33 heavy (non-hydrogen) atoms. The van der Waals surface area contributed by atoms with Gasteiger partial charge in [0.1, 0.15) is 11.7 Å². The lowest BCUT2D eigenvalue weighted by Gasteiger charge is -2.24. The number of rotatable bonds is 6. The molecule has 0 fully saturated rings. The van der Waals surface area contributed by atoms with Crippen molar-refractivity contribution in [3.63, 3.8) is 0 Å². The monoisotopic (exact) mass is 484 g/mol. The van der Waals surface area contributed by atoms with E-state index in [-0.39, 0.29) is 30.0 Å². The summed E-state index contributed by atoms with van der Waals surface area (Å²) in [5.41, 5.74) is 2.58. The van der Waals surface area contributed by atoms with Crippen LogP contribution in [0.3, 0.4) is 0 Å². The molecule has 0 saturated heterocycles. The molecule has 8 heteroatoms. The lowest BCUT2D eigenvalue weighted by atomic mass is 9.86. The molecule has 168 valence electrons. The van der Waals surface area contributed by atoms with Crippen LogP contribution in [0.25, 0.3) is 0 Å². The number of anilines is 1. The zero-order valence-corrected chi connectivity index (χ0v) is 18.8. The van der Waals surface area contributed by atoms with Crippen LogP contribution < -0.4 is 10.6 Å². The minimum absolute atomic E-state index is 0.215. The second-order valence-corrected chi connectivity index (χ2v) is 8.58. The Labute approximate surface area is 199 Å². The Bertz CT molecular complexity index is 1240. The van der Waals surface area contributed by atoms with E-state index in [0.717, 1.165) is 11.1 Å². The van der Waals surface area contributed by atoms with Gasteiger partial charge in [0.15, 0.2) is 5.78 Å². The summed E-state index contributed by atoms with van der Waals surface area (Å²) >= 11 is 12.0. The first kappa shape index (κ1) is 23.0. The van der Waals surface area contributed by atoms with Crippen LogP contribution in [0.1, 0.15) is 38.3 Å². The van der Waals surface area contributed by atoms with E-state index < -0.39 is 5.92 Å². The summed E-state index contributed by atoms with van der Waals surface area (Å²) in [5.74, 6) is -2.30. The second kappa shape index (κ2) is 9.73. The minimum atomic E-state index is -0.871. The molecule has 1 unspecified atom stereocenters. The number of amides is 2. The Kier molecular flexibility index (Phi) is 6.77. The number of benzene rings is 3. The van der Waals surface area contributed by atoms with Gasteiger partial charge in [0, 0.05) is 17.7 Å². The van der Waals surface area contributed by atoms with Gasteiger partial charge in [-0.05, 0) is 66.4 Å². The second-order valence-electron chi connectivity index (χ2n) is 7.76. The van der Waals surface area contributed by atoms with Crippen LogP contribution in [0, 0.1) is 11.7 Å². The Balaban J connectivity index is 1.46. The largest absolute Gasteiger partial charge is 0.348 e. The zero-order valence-electron chi connectivity index (χ0n) is 17.3. The summed E-state index contributed by atoms with van der Waals surface area (Å²) in [6.45, 7) is 0.215. The van der Waals surface area contributed by atoms with E-state index in [2.05, 4.69) is 10.6 Å². The summed E-state index contributed by atoms with van der Waals surface area (Å²) in [4.78, 5) is 38.2. The molecule has 1 atom stereocenters. The number of hydrogen-bond donors (Lipinski definition) is 2. The van der Waals surface area contributed by atoms with Crippen molar-refractivity contribution in [2.75, 3.05) is 5.32 Å². The van der Waals surface area contributed by atoms with Crippen LogP contribution in [0.2, 0.25) is 10.0 Å². The third kappa shape index (κ3) is 5.24. The molecule has 0 radical (unpaired) electrons. The molecule has 2 amide bonds. The summed E-state index contributed by atoms with van der Waals surface area (Å²) in [7, 11) is 0. The fourth-order valence-electron chi connectivity index (χ4n) is 3.68. The molecule has 1 heterocycles. The van der Waals surface area contributed by atoms with Crippen molar-refractivity contribution in [2.45, 2.75) is 19.4 Å². The first-order chi connectivity index (χ1) is 15.8. The van der Waals surface area contributed by atoms with Crippen molar-refractivity contribution >= 4 is 46.5 Å². The highest BCUT2D eigenvalue weighted by molar-refractivity contribution is 6.42. The summed E-state index contributed by atoms with van der Waals surface area (Å²) in [6, 6.07) is 15.6. The number of aryl methyl sites for hydroxylation is 1. The van der Waals surface area contributed by atoms with Gasteiger partial charge in [-0.25, -0.2) is 4.39 Å². The van der Waals surface area contributed by atoms with E-state index in [1.807, 2.05) is 0 Å². The molecule has 3 aromatic carbocycles. The highest BCUT2D eigenvalue weighted by Gasteiger charge is 2.34. The third-order valence-corrected chi connectivity index (χ3v) is 6.25. The first-order valence-electron chi connectivity index (χ1n) is 10.3. The average Bonchev–Trinajstić information content (AvgIpc) is 2.80. The van der Waals surface area contributed by atoms with Gasteiger partial charge in [0.2, 0.25) is 5.91 Å². The Hall–Kier alpha value is -3.22. The maximum absolute atomic E-state index is 13.1. The quantitative estimate of drug-likeness (QED) is 0.457. The zero-order chi connectivity index (χ0) is 23.5. The van der Waals surface area contributed by atoms with Crippen LogP contribution in [0.4, 0.5) is 10.1 Å². The molecule has 5 nitrogen and oxygen atoms in total. The van der Waals surface area contributed by atoms with Crippen LogP contribution in [-0.4, -0.2) is 17.6 Å². The highest BCUT2D eigenvalue weighted by atomic mass is 35.5. The smallest absolute Gasteiger partial charge is 0.251 e. The Morgan fingerprint density at radius 1 is 0.939 bits per heavy atom. The maximum atomic E-state index is 13.1. The standard InChI is InChI=1S/C25H19Cl2FN2O3/c26-20-9-4-14(11-21(20)27)3-8-18-23(31)19-12-16(5-10-22(19)30-25(18)33)24(32)29-13-15-1-6-17(28)7-2-15/h1-2,4-7,9-12,18H,3,8,13H2,(H,29,32)(H,30,33). The summed E-state index contributed by atoms with van der Waals surface area (Å²) in [6.07, 6.45) is 0.761. The lowest BCUT2D eigenvalue weighted by molar-refractivity contribution is -0.118. The molecule has 1 aliphatic heterocycles. The van der Waals surface area contributed by atoms with E-state index >= 15 is 0 Å². The fourth-order valence-corrected chi connectivity index (χ4v) is 4.00. The van der Waals surface area contributed by atoms with Crippen molar-refractivity contribution < 1.29 is 18.8 Å². The number of ketones is 1. The highest BCUT2D eigenvalue weighted by Crippen LogP contribution is 2.30. The van der Waals surface area contributed by atoms with E-state index in [1.54, 1.807) is 42.5 Å². The average molecular weight is 485 g/mol. The molecule has 0 saturated carbocycles. The van der Waals surface area contributed by atoms with Crippen LogP contribution in [0.5, 0.6) is 0 Å². The molecule has 0 aromatic heterocycles. The molecule has 2 N–H and O–H groups in total. The molecule has 0 spiro atoms. The van der Waals surface area contributed by atoms with Gasteiger partial charge in [0.05, 0.1) is 15.7 Å².